The number of rotatable bonds is 7. The summed E-state index contributed by atoms with van der Waals surface area (Å²) in [7, 11) is 2.61. The van der Waals surface area contributed by atoms with E-state index in [1.165, 1.54) is 14.2 Å². The summed E-state index contributed by atoms with van der Waals surface area (Å²) in [5, 5.41) is 0. The van der Waals surface area contributed by atoms with Gasteiger partial charge in [0.15, 0.2) is 5.41 Å². The first kappa shape index (κ1) is 14.9. The molecule has 0 aliphatic rings. The van der Waals surface area contributed by atoms with E-state index in [0.717, 1.165) is 19.3 Å². The topological polar surface area (TPSA) is 52.6 Å². The molecule has 94 valence electrons. The molecule has 0 amide bonds. The first-order valence-electron chi connectivity index (χ1n) is 5.75. The van der Waals surface area contributed by atoms with Gasteiger partial charge in [-0.3, -0.25) is 9.59 Å². The summed E-state index contributed by atoms with van der Waals surface area (Å²) in [5.74, 6) is -0.954. The highest BCUT2D eigenvalue weighted by molar-refractivity contribution is 5.99. The summed E-state index contributed by atoms with van der Waals surface area (Å²) >= 11 is 0. The quantitative estimate of drug-likeness (QED) is 0.497. The van der Waals surface area contributed by atoms with Gasteiger partial charge in [0.1, 0.15) is 0 Å². The highest BCUT2D eigenvalue weighted by Crippen LogP contribution is 2.33. The average molecular weight is 230 g/mol. The van der Waals surface area contributed by atoms with Crippen molar-refractivity contribution in [2.24, 2.45) is 5.41 Å². The van der Waals surface area contributed by atoms with Crippen molar-refractivity contribution < 1.29 is 19.1 Å². The zero-order valence-corrected chi connectivity index (χ0v) is 10.7. The molecular weight excluding hydrogens is 208 g/mol. The van der Waals surface area contributed by atoms with Crippen molar-refractivity contribution in [1.29, 1.82) is 0 Å². The van der Waals surface area contributed by atoms with E-state index in [9.17, 15) is 9.59 Å². The van der Waals surface area contributed by atoms with Crippen LogP contribution in [0, 0.1) is 5.41 Å². The molecule has 0 aromatic rings. The lowest BCUT2D eigenvalue weighted by Crippen LogP contribution is -2.41. The lowest BCUT2D eigenvalue weighted by Gasteiger charge is -2.27. The number of carbonyl (C=O) groups is 2. The molecule has 0 heterocycles. The minimum absolute atomic E-state index is 0.477. The lowest BCUT2D eigenvalue weighted by molar-refractivity contribution is -0.170. The van der Waals surface area contributed by atoms with Gasteiger partial charge < -0.3 is 9.47 Å². The van der Waals surface area contributed by atoms with Gasteiger partial charge in [-0.1, -0.05) is 33.1 Å². The molecule has 0 fully saturated rings. The van der Waals surface area contributed by atoms with E-state index in [1.54, 1.807) is 0 Å². The summed E-state index contributed by atoms with van der Waals surface area (Å²) < 4.78 is 9.50. The molecule has 0 aromatic carbocycles. The molecule has 0 rings (SSSR count). The summed E-state index contributed by atoms with van der Waals surface area (Å²) in [6.45, 7) is 3.96. The Labute approximate surface area is 97.3 Å². The lowest BCUT2D eigenvalue weighted by atomic mass is 9.78. The van der Waals surface area contributed by atoms with E-state index in [2.05, 4.69) is 0 Å². The number of methoxy groups -OCH3 is 2. The minimum atomic E-state index is -1.10. The summed E-state index contributed by atoms with van der Waals surface area (Å²) in [6.07, 6.45) is 3.46. The highest BCUT2D eigenvalue weighted by atomic mass is 16.5. The van der Waals surface area contributed by atoms with E-state index in [4.69, 9.17) is 9.47 Å². The first-order valence-corrected chi connectivity index (χ1v) is 5.75. The molecule has 4 heteroatoms. The molecule has 0 aliphatic heterocycles. The number of esters is 2. The highest BCUT2D eigenvalue weighted by Gasteiger charge is 2.46. The second-order valence-corrected chi connectivity index (χ2v) is 3.92. The van der Waals surface area contributed by atoms with Crippen LogP contribution in [0.2, 0.25) is 0 Å². The number of ether oxygens (including phenoxy) is 2. The molecule has 16 heavy (non-hydrogen) atoms. The van der Waals surface area contributed by atoms with Crippen LogP contribution in [0.3, 0.4) is 0 Å². The molecule has 0 bridgehead atoms. The van der Waals surface area contributed by atoms with Gasteiger partial charge in [0.05, 0.1) is 14.2 Å². The number of hydrogen-bond donors (Lipinski definition) is 0. The van der Waals surface area contributed by atoms with Crippen molar-refractivity contribution in [3.8, 4) is 0 Å². The zero-order chi connectivity index (χ0) is 12.6. The number of hydrogen-bond acceptors (Lipinski definition) is 4. The average Bonchev–Trinajstić information content (AvgIpc) is 2.32. The van der Waals surface area contributed by atoms with Crippen LogP contribution in [-0.4, -0.2) is 26.2 Å². The van der Waals surface area contributed by atoms with Gasteiger partial charge in [-0.2, -0.15) is 0 Å². The van der Waals surface area contributed by atoms with E-state index >= 15 is 0 Å². The van der Waals surface area contributed by atoms with Gasteiger partial charge >= 0.3 is 11.9 Å². The summed E-state index contributed by atoms with van der Waals surface area (Å²) in [5.41, 5.74) is -1.10. The second-order valence-electron chi connectivity index (χ2n) is 3.92. The zero-order valence-electron chi connectivity index (χ0n) is 10.7. The van der Waals surface area contributed by atoms with Crippen molar-refractivity contribution in [2.45, 2.75) is 46.0 Å². The first-order chi connectivity index (χ1) is 7.58. The van der Waals surface area contributed by atoms with Crippen molar-refractivity contribution in [3.05, 3.63) is 0 Å². The van der Waals surface area contributed by atoms with E-state index in [1.807, 2.05) is 13.8 Å². The Hall–Kier alpha value is -1.06. The summed E-state index contributed by atoms with van der Waals surface area (Å²) in [6, 6.07) is 0. The fraction of sp³-hybridized carbons (Fsp3) is 0.833. The SMILES string of the molecule is CCCCC(CCC)(C(=O)OC)C(=O)OC. The van der Waals surface area contributed by atoms with Gasteiger partial charge in [0.2, 0.25) is 0 Å². The monoisotopic (exact) mass is 230 g/mol. The molecule has 0 aliphatic carbocycles. The molecule has 0 atom stereocenters. The Kier molecular flexibility index (Phi) is 6.77. The van der Waals surface area contributed by atoms with E-state index < -0.39 is 17.4 Å². The van der Waals surface area contributed by atoms with Crippen LogP contribution in [0.15, 0.2) is 0 Å². The third kappa shape index (κ3) is 3.22. The maximum absolute atomic E-state index is 11.8. The van der Waals surface area contributed by atoms with Crippen molar-refractivity contribution >= 4 is 11.9 Å². The van der Waals surface area contributed by atoms with Crippen LogP contribution >= 0.6 is 0 Å². The Bertz CT molecular complexity index is 219. The maximum atomic E-state index is 11.8. The van der Waals surface area contributed by atoms with Crippen molar-refractivity contribution in [3.63, 3.8) is 0 Å². The largest absolute Gasteiger partial charge is 0.468 e. The number of unbranched alkanes of at least 4 members (excludes halogenated alkanes) is 1. The third-order valence-corrected chi connectivity index (χ3v) is 2.79. The molecule has 0 N–H and O–H groups in total. The molecule has 4 nitrogen and oxygen atoms in total. The molecule has 0 radical (unpaired) electrons. The van der Waals surface area contributed by atoms with Gasteiger partial charge in [-0.15, -0.1) is 0 Å². The van der Waals surface area contributed by atoms with Gasteiger partial charge in [-0.05, 0) is 12.8 Å². The standard InChI is InChI=1S/C12H22O4/c1-5-7-9-12(8-6-2,10(13)15-3)11(14)16-4/h5-9H2,1-4H3. The van der Waals surface area contributed by atoms with Crippen LogP contribution in [-0.2, 0) is 19.1 Å². The molecule has 0 saturated heterocycles. The third-order valence-electron chi connectivity index (χ3n) is 2.79. The molecule has 0 spiro atoms. The maximum Gasteiger partial charge on any atom is 0.323 e. The van der Waals surface area contributed by atoms with Crippen LogP contribution < -0.4 is 0 Å². The summed E-state index contributed by atoms with van der Waals surface area (Å²) in [4.78, 5) is 23.6. The predicted molar refractivity (Wildman–Crippen MR) is 60.9 cm³/mol. The predicted octanol–water partition coefficient (Wildman–Crippen LogP) is 2.31. The van der Waals surface area contributed by atoms with Gasteiger partial charge in [-0.25, -0.2) is 0 Å². The van der Waals surface area contributed by atoms with Crippen molar-refractivity contribution in [2.75, 3.05) is 14.2 Å². The molecule has 0 aromatic heterocycles. The van der Waals surface area contributed by atoms with Crippen LogP contribution in [0.5, 0.6) is 0 Å². The van der Waals surface area contributed by atoms with Gasteiger partial charge in [0, 0.05) is 0 Å². The smallest absolute Gasteiger partial charge is 0.323 e. The van der Waals surface area contributed by atoms with Crippen LogP contribution in [0.25, 0.3) is 0 Å². The van der Waals surface area contributed by atoms with Crippen LogP contribution in [0.4, 0.5) is 0 Å². The van der Waals surface area contributed by atoms with E-state index in [-0.39, 0.29) is 0 Å². The Morgan fingerprint density at radius 1 is 0.938 bits per heavy atom. The Balaban J connectivity index is 5.03. The number of carbonyl (C=O) groups excluding carboxylic acids is 2. The fourth-order valence-corrected chi connectivity index (χ4v) is 1.91. The van der Waals surface area contributed by atoms with Crippen molar-refractivity contribution in [1.82, 2.24) is 0 Å². The van der Waals surface area contributed by atoms with Gasteiger partial charge in [0.25, 0.3) is 0 Å². The normalized spacial score (nSPS) is 11.0. The Morgan fingerprint density at radius 3 is 1.75 bits per heavy atom. The molecule has 0 unspecified atom stereocenters. The second kappa shape index (κ2) is 7.25. The van der Waals surface area contributed by atoms with E-state index in [0.29, 0.717) is 12.8 Å². The molecular formula is C12H22O4. The fourth-order valence-electron chi connectivity index (χ4n) is 1.91. The van der Waals surface area contributed by atoms with Crippen LogP contribution in [0.1, 0.15) is 46.0 Å². The molecule has 0 saturated carbocycles. The minimum Gasteiger partial charge on any atom is -0.468 e. The Morgan fingerprint density at radius 2 is 1.44 bits per heavy atom.